The van der Waals surface area contributed by atoms with Crippen molar-refractivity contribution in [2.45, 2.75) is 26.5 Å². The van der Waals surface area contributed by atoms with Crippen LogP contribution in [-0.2, 0) is 4.74 Å². The first-order chi connectivity index (χ1) is 15.8. The molecule has 7 nitrogen and oxygen atoms in total. The quantitative estimate of drug-likeness (QED) is 0.536. The maximum atomic E-state index is 14.8. The first-order valence-electron chi connectivity index (χ1n) is 10.5. The van der Waals surface area contributed by atoms with Crippen molar-refractivity contribution in [2.24, 2.45) is 0 Å². The predicted octanol–water partition coefficient (Wildman–Crippen LogP) is 4.32. The number of hydrogen-bond acceptors (Lipinski definition) is 5. The van der Waals surface area contributed by atoms with Gasteiger partial charge in [-0.2, -0.15) is 0 Å². The molecular formula is C25H24FNO6. The number of halogens is 1. The van der Waals surface area contributed by atoms with E-state index in [-0.39, 0.29) is 5.56 Å². The fourth-order valence-corrected chi connectivity index (χ4v) is 3.87. The smallest absolute Gasteiger partial charge is 0.341 e. The van der Waals surface area contributed by atoms with E-state index in [0.29, 0.717) is 42.4 Å². The van der Waals surface area contributed by atoms with E-state index in [1.54, 1.807) is 25.3 Å². The van der Waals surface area contributed by atoms with Crippen molar-refractivity contribution in [1.82, 2.24) is 4.57 Å². The van der Waals surface area contributed by atoms with Gasteiger partial charge in [-0.15, -0.1) is 0 Å². The van der Waals surface area contributed by atoms with Gasteiger partial charge in [-0.05, 0) is 37.6 Å². The van der Waals surface area contributed by atoms with E-state index in [1.165, 1.54) is 22.9 Å². The van der Waals surface area contributed by atoms with Gasteiger partial charge in [0.05, 0.1) is 12.3 Å². The summed E-state index contributed by atoms with van der Waals surface area (Å²) in [5, 5.41) is 9.47. The van der Waals surface area contributed by atoms with Crippen LogP contribution in [0.25, 0.3) is 11.3 Å². The van der Waals surface area contributed by atoms with Gasteiger partial charge in [-0.25, -0.2) is 9.18 Å². The standard InChI is InChI=1S/C25H24FNO6/c1-14-5-6-19(26)16(9-14)24-27-13-18(25(29)30)21(28)11-20(27)17-10-15(2)22(12-23(17)33-24)32-8-4-7-31-3/h5-6,9-13,24H,4,7-8H2,1-3H3,(H,29,30). The van der Waals surface area contributed by atoms with E-state index in [1.807, 2.05) is 19.9 Å². The van der Waals surface area contributed by atoms with Gasteiger partial charge in [-0.1, -0.05) is 11.6 Å². The zero-order valence-electron chi connectivity index (χ0n) is 18.6. The first-order valence-corrected chi connectivity index (χ1v) is 10.5. The average Bonchev–Trinajstić information content (AvgIpc) is 2.78. The first kappa shape index (κ1) is 22.5. The van der Waals surface area contributed by atoms with Crippen LogP contribution in [0.1, 0.15) is 39.7 Å². The molecule has 0 bridgehead atoms. The van der Waals surface area contributed by atoms with Gasteiger partial charge < -0.3 is 23.9 Å². The van der Waals surface area contributed by atoms with Gasteiger partial charge in [0.2, 0.25) is 6.23 Å². The van der Waals surface area contributed by atoms with Crippen LogP contribution in [0.5, 0.6) is 11.5 Å². The highest BCUT2D eigenvalue weighted by Crippen LogP contribution is 2.43. The van der Waals surface area contributed by atoms with Gasteiger partial charge in [-0.3, -0.25) is 4.79 Å². The van der Waals surface area contributed by atoms with E-state index in [2.05, 4.69) is 0 Å². The van der Waals surface area contributed by atoms with Crippen molar-refractivity contribution in [3.63, 3.8) is 0 Å². The SMILES string of the molecule is COCCCOc1cc2c(cc1C)-c1cc(=O)c(C(=O)O)cn1C(c1cc(C)ccc1F)O2. The molecule has 0 aliphatic carbocycles. The molecule has 0 fully saturated rings. The van der Waals surface area contributed by atoms with Crippen molar-refractivity contribution in [1.29, 1.82) is 0 Å². The largest absolute Gasteiger partial charge is 0.493 e. The molecule has 1 unspecified atom stereocenters. The zero-order valence-corrected chi connectivity index (χ0v) is 18.6. The summed E-state index contributed by atoms with van der Waals surface area (Å²) in [7, 11) is 1.62. The van der Waals surface area contributed by atoms with Crippen LogP contribution in [-0.4, -0.2) is 36.0 Å². The van der Waals surface area contributed by atoms with Crippen LogP contribution in [0.4, 0.5) is 4.39 Å². The lowest BCUT2D eigenvalue weighted by Crippen LogP contribution is -2.28. The highest BCUT2D eigenvalue weighted by molar-refractivity contribution is 5.88. The summed E-state index contributed by atoms with van der Waals surface area (Å²) in [5.74, 6) is -0.846. The Bertz CT molecular complexity index is 1280. The van der Waals surface area contributed by atoms with Crippen LogP contribution >= 0.6 is 0 Å². The molecule has 172 valence electrons. The number of aromatic carboxylic acids is 1. The van der Waals surface area contributed by atoms with Crippen molar-refractivity contribution in [2.75, 3.05) is 20.3 Å². The molecule has 0 radical (unpaired) electrons. The molecule has 0 saturated heterocycles. The number of carboxylic acid groups (broad SMARTS) is 1. The third kappa shape index (κ3) is 4.34. The monoisotopic (exact) mass is 453 g/mol. The van der Waals surface area contributed by atoms with E-state index in [4.69, 9.17) is 14.2 Å². The third-order valence-corrected chi connectivity index (χ3v) is 5.52. The molecule has 3 aromatic rings. The Kier molecular flexibility index (Phi) is 6.20. The fourth-order valence-electron chi connectivity index (χ4n) is 3.87. The molecule has 2 aromatic carbocycles. The number of pyridine rings is 1. The van der Waals surface area contributed by atoms with Crippen molar-refractivity contribution in [3.8, 4) is 22.8 Å². The molecule has 33 heavy (non-hydrogen) atoms. The van der Waals surface area contributed by atoms with E-state index < -0.39 is 29.0 Å². The molecule has 1 aromatic heterocycles. The lowest BCUT2D eigenvalue weighted by molar-refractivity contribution is 0.0693. The number of benzene rings is 2. The Morgan fingerprint density at radius 2 is 1.97 bits per heavy atom. The molecule has 8 heteroatoms. The highest BCUT2D eigenvalue weighted by atomic mass is 19.1. The van der Waals surface area contributed by atoms with Gasteiger partial charge in [0, 0.05) is 49.6 Å². The second-order valence-corrected chi connectivity index (χ2v) is 7.95. The second-order valence-electron chi connectivity index (χ2n) is 7.95. The minimum atomic E-state index is -1.36. The van der Waals surface area contributed by atoms with Crippen molar-refractivity contribution in [3.05, 3.63) is 80.9 Å². The van der Waals surface area contributed by atoms with Crippen LogP contribution < -0.4 is 14.9 Å². The summed E-state index contributed by atoms with van der Waals surface area (Å²) >= 11 is 0. The number of ether oxygens (including phenoxy) is 3. The average molecular weight is 453 g/mol. The Hall–Kier alpha value is -3.65. The summed E-state index contributed by atoms with van der Waals surface area (Å²) in [6, 6.07) is 9.41. The summed E-state index contributed by atoms with van der Waals surface area (Å²) in [6.45, 7) is 4.70. The molecule has 0 spiro atoms. The van der Waals surface area contributed by atoms with Crippen LogP contribution in [0, 0.1) is 19.7 Å². The Morgan fingerprint density at radius 1 is 1.18 bits per heavy atom. The lowest BCUT2D eigenvalue weighted by Gasteiger charge is -2.32. The minimum absolute atomic E-state index is 0.227. The van der Waals surface area contributed by atoms with E-state index in [9.17, 15) is 19.1 Å². The molecule has 4 rings (SSSR count). The van der Waals surface area contributed by atoms with E-state index in [0.717, 1.165) is 11.1 Å². The molecule has 1 N–H and O–H groups in total. The Balaban J connectivity index is 1.87. The number of hydrogen-bond donors (Lipinski definition) is 1. The summed E-state index contributed by atoms with van der Waals surface area (Å²) in [6.07, 6.45) is 0.913. The van der Waals surface area contributed by atoms with Crippen molar-refractivity contribution >= 4 is 5.97 Å². The number of carboxylic acids is 1. The van der Waals surface area contributed by atoms with E-state index >= 15 is 0 Å². The van der Waals surface area contributed by atoms with Crippen LogP contribution in [0.2, 0.25) is 0 Å². The third-order valence-electron chi connectivity index (χ3n) is 5.52. The molecule has 1 atom stereocenters. The zero-order chi connectivity index (χ0) is 23.7. The summed E-state index contributed by atoms with van der Waals surface area (Å²) < 4.78 is 33.4. The van der Waals surface area contributed by atoms with Gasteiger partial charge in [0.25, 0.3) is 0 Å². The molecule has 0 amide bonds. The minimum Gasteiger partial charge on any atom is -0.493 e. The molecular weight excluding hydrogens is 429 g/mol. The topological polar surface area (TPSA) is 87.0 Å². The second kappa shape index (κ2) is 9.07. The number of aromatic nitrogens is 1. The van der Waals surface area contributed by atoms with Crippen LogP contribution in [0.3, 0.4) is 0 Å². The number of aryl methyl sites for hydroxylation is 2. The summed E-state index contributed by atoms with van der Waals surface area (Å²) in [4.78, 5) is 24.1. The number of rotatable bonds is 7. The Morgan fingerprint density at radius 3 is 2.70 bits per heavy atom. The number of fused-ring (bicyclic) bond motifs is 3. The maximum absolute atomic E-state index is 14.8. The number of carbonyl (C=O) groups is 1. The maximum Gasteiger partial charge on any atom is 0.341 e. The Labute approximate surface area is 190 Å². The highest BCUT2D eigenvalue weighted by Gasteiger charge is 2.31. The summed E-state index contributed by atoms with van der Waals surface area (Å²) in [5.41, 5.74) is 1.83. The number of nitrogens with zero attached hydrogens (tertiary/aromatic N) is 1. The van der Waals surface area contributed by atoms with Gasteiger partial charge in [0.15, 0.2) is 5.43 Å². The normalized spacial score (nSPS) is 14.2. The predicted molar refractivity (Wildman–Crippen MR) is 120 cm³/mol. The molecule has 0 saturated carbocycles. The molecule has 1 aliphatic heterocycles. The number of methoxy groups -OCH3 is 1. The van der Waals surface area contributed by atoms with Gasteiger partial charge >= 0.3 is 5.97 Å². The van der Waals surface area contributed by atoms with Crippen molar-refractivity contribution < 1.29 is 28.5 Å². The fraction of sp³-hybridized carbons (Fsp3) is 0.280. The van der Waals surface area contributed by atoms with Gasteiger partial charge in [0.1, 0.15) is 22.9 Å². The van der Waals surface area contributed by atoms with Crippen LogP contribution in [0.15, 0.2) is 47.4 Å². The molecule has 2 heterocycles. The lowest BCUT2D eigenvalue weighted by atomic mass is 10.0. The molecule has 1 aliphatic rings.